The highest BCUT2D eigenvalue weighted by Gasteiger charge is 2.10. The van der Waals surface area contributed by atoms with Crippen LogP contribution in [-0.2, 0) is 6.54 Å². The molecule has 0 aliphatic rings. The first kappa shape index (κ1) is 13.1. The lowest BCUT2D eigenvalue weighted by Gasteiger charge is -2.07. The van der Waals surface area contributed by atoms with Crippen LogP contribution in [0.4, 0.5) is 5.82 Å². The van der Waals surface area contributed by atoms with Gasteiger partial charge in [-0.1, -0.05) is 5.16 Å². The quantitative estimate of drug-likeness (QED) is 0.878. The van der Waals surface area contributed by atoms with Crippen molar-refractivity contribution >= 4 is 11.8 Å². The summed E-state index contributed by atoms with van der Waals surface area (Å²) in [6.45, 7) is 5.95. The maximum atomic E-state index is 11.0. The van der Waals surface area contributed by atoms with Crippen LogP contribution < -0.4 is 5.32 Å². The number of rotatable bonds is 4. The Morgan fingerprint density at radius 3 is 2.68 bits per heavy atom. The predicted octanol–water partition coefficient (Wildman–Crippen LogP) is 2.31. The second-order valence-corrected chi connectivity index (χ2v) is 4.34. The van der Waals surface area contributed by atoms with Crippen molar-refractivity contribution in [2.24, 2.45) is 0 Å². The number of aromatic nitrogens is 2. The highest BCUT2D eigenvalue weighted by molar-refractivity contribution is 5.88. The van der Waals surface area contributed by atoms with Crippen molar-refractivity contribution in [2.75, 3.05) is 5.32 Å². The molecule has 0 aliphatic carbocycles. The second kappa shape index (κ2) is 5.09. The first-order valence-corrected chi connectivity index (χ1v) is 5.85. The number of carbonyl (C=O) groups is 1. The van der Waals surface area contributed by atoms with E-state index in [0.29, 0.717) is 18.1 Å². The summed E-state index contributed by atoms with van der Waals surface area (Å²) in [6, 6.07) is 3.04. The van der Waals surface area contributed by atoms with Crippen LogP contribution in [-0.4, -0.2) is 21.2 Å². The molecule has 2 aromatic heterocycles. The van der Waals surface area contributed by atoms with Gasteiger partial charge in [0.1, 0.15) is 11.6 Å². The van der Waals surface area contributed by atoms with Crippen LogP contribution in [0, 0.1) is 20.8 Å². The minimum absolute atomic E-state index is 0.216. The molecule has 19 heavy (non-hydrogen) atoms. The fraction of sp³-hybridized carbons (Fsp3) is 0.308. The number of nitrogens with one attached hydrogen (secondary N) is 1. The molecule has 2 rings (SSSR count). The van der Waals surface area contributed by atoms with Gasteiger partial charge in [-0.3, -0.25) is 0 Å². The molecule has 0 radical (unpaired) electrons. The minimum atomic E-state index is -0.967. The lowest BCUT2D eigenvalue weighted by molar-refractivity contribution is 0.0696. The van der Waals surface area contributed by atoms with Crippen molar-refractivity contribution in [3.05, 3.63) is 40.4 Å². The standard InChI is InChI=1S/C13H15N3O3/c1-7-4-10(13(17)18)5-12(15-7)14-6-11-8(2)16-19-9(11)3/h4-5H,6H2,1-3H3,(H,14,15)(H,17,18). The van der Waals surface area contributed by atoms with Gasteiger partial charge >= 0.3 is 5.97 Å². The van der Waals surface area contributed by atoms with Crippen LogP contribution in [0.1, 0.15) is 33.1 Å². The molecular formula is C13H15N3O3. The number of aromatic carboxylic acids is 1. The SMILES string of the molecule is Cc1cc(C(=O)O)cc(NCc2c(C)noc2C)n1. The molecule has 0 unspecified atom stereocenters. The Kier molecular flexibility index (Phi) is 3.50. The number of nitrogens with zero attached hydrogens (tertiary/aromatic N) is 2. The van der Waals surface area contributed by atoms with Gasteiger partial charge in [-0.2, -0.15) is 0 Å². The van der Waals surface area contributed by atoms with E-state index in [1.54, 1.807) is 6.92 Å². The summed E-state index contributed by atoms with van der Waals surface area (Å²) in [7, 11) is 0. The monoisotopic (exact) mass is 261 g/mol. The molecule has 0 bridgehead atoms. The summed E-state index contributed by atoms with van der Waals surface area (Å²) in [4.78, 5) is 15.2. The first-order valence-electron chi connectivity index (χ1n) is 5.85. The molecular weight excluding hydrogens is 246 g/mol. The van der Waals surface area contributed by atoms with Crippen molar-refractivity contribution in [1.29, 1.82) is 0 Å². The third-order valence-electron chi connectivity index (χ3n) is 2.83. The van der Waals surface area contributed by atoms with Crippen molar-refractivity contribution in [1.82, 2.24) is 10.1 Å². The second-order valence-electron chi connectivity index (χ2n) is 4.34. The van der Waals surface area contributed by atoms with E-state index >= 15 is 0 Å². The number of hydrogen-bond donors (Lipinski definition) is 2. The van der Waals surface area contributed by atoms with Crippen LogP contribution in [0.5, 0.6) is 0 Å². The zero-order chi connectivity index (χ0) is 14.0. The fourth-order valence-electron chi connectivity index (χ4n) is 1.82. The maximum Gasteiger partial charge on any atom is 0.335 e. The molecule has 0 spiro atoms. The topological polar surface area (TPSA) is 88.2 Å². The van der Waals surface area contributed by atoms with Crippen molar-refractivity contribution < 1.29 is 14.4 Å². The summed E-state index contributed by atoms with van der Waals surface area (Å²) in [5.74, 6) is 0.305. The Hall–Kier alpha value is -2.37. The highest BCUT2D eigenvalue weighted by atomic mass is 16.5. The summed E-state index contributed by atoms with van der Waals surface area (Å²) in [5, 5.41) is 15.9. The predicted molar refractivity (Wildman–Crippen MR) is 69.2 cm³/mol. The largest absolute Gasteiger partial charge is 0.478 e. The first-order chi connectivity index (χ1) is 8.97. The molecule has 0 amide bonds. The van der Waals surface area contributed by atoms with E-state index < -0.39 is 5.97 Å². The molecule has 0 fully saturated rings. The Balaban J connectivity index is 2.18. The molecule has 6 heteroatoms. The van der Waals surface area contributed by atoms with Crippen LogP contribution in [0.3, 0.4) is 0 Å². The Bertz CT molecular complexity index is 600. The van der Waals surface area contributed by atoms with Gasteiger partial charge in [-0.05, 0) is 32.9 Å². The smallest absolute Gasteiger partial charge is 0.335 e. The number of aryl methyl sites for hydroxylation is 3. The van der Waals surface area contributed by atoms with Crippen molar-refractivity contribution in [2.45, 2.75) is 27.3 Å². The van der Waals surface area contributed by atoms with Gasteiger partial charge in [0.2, 0.25) is 0 Å². The molecule has 0 saturated heterocycles. The van der Waals surface area contributed by atoms with Gasteiger partial charge < -0.3 is 14.9 Å². The average Bonchev–Trinajstić information content (AvgIpc) is 2.66. The molecule has 0 aliphatic heterocycles. The van der Waals surface area contributed by atoms with Crippen LogP contribution in [0.25, 0.3) is 0 Å². The lowest BCUT2D eigenvalue weighted by Crippen LogP contribution is -2.06. The highest BCUT2D eigenvalue weighted by Crippen LogP contribution is 2.15. The third kappa shape index (κ3) is 2.90. The fourth-order valence-corrected chi connectivity index (χ4v) is 1.82. The Labute approximate surface area is 110 Å². The lowest BCUT2D eigenvalue weighted by atomic mass is 10.2. The molecule has 2 heterocycles. The van der Waals surface area contributed by atoms with E-state index in [0.717, 1.165) is 17.0 Å². The van der Waals surface area contributed by atoms with Crippen molar-refractivity contribution in [3.63, 3.8) is 0 Å². The average molecular weight is 261 g/mol. The molecule has 0 aromatic carbocycles. The summed E-state index contributed by atoms with van der Waals surface area (Å²) < 4.78 is 5.06. The number of hydrogen-bond acceptors (Lipinski definition) is 5. The van der Waals surface area contributed by atoms with Gasteiger partial charge in [0.15, 0.2) is 0 Å². The molecule has 100 valence electrons. The maximum absolute atomic E-state index is 11.0. The van der Waals surface area contributed by atoms with Gasteiger partial charge in [-0.15, -0.1) is 0 Å². The van der Waals surface area contributed by atoms with Crippen molar-refractivity contribution in [3.8, 4) is 0 Å². The Morgan fingerprint density at radius 2 is 2.11 bits per heavy atom. The number of carboxylic acids is 1. The molecule has 2 aromatic rings. The number of carboxylic acid groups (broad SMARTS) is 1. The van der Waals surface area contributed by atoms with E-state index in [1.807, 2.05) is 13.8 Å². The third-order valence-corrected chi connectivity index (χ3v) is 2.83. The van der Waals surface area contributed by atoms with E-state index in [4.69, 9.17) is 9.63 Å². The molecule has 2 N–H and O–H groups in total. The Morgan fingerprint density at radius 1 is 1.37 bits per heavy atom. The zero-order valence-corrected chi connectivity index (χ0v) is 11.0. The van der Waals surface area contributed by atoms with E-state index in [1.165, 1.54) is 12.1 Å². The van der Waals surface area contributed by atoms with Crippen LogP contribution in [0.2, 0.25) is 0 Å². The summed E-state index contributed by atoms with van der Waals surface area (Å²) in [6.07, 6.45) is 0. The van der Waals surface area contributed by atoms with E-state index in [-0.39, 0.29) is 5.56 Å². The zero-order valence-electron chi connectivity index (χ0n) is 11.0. The number of pyridine rings is 1. The number of anilines is 1. The molecule has 0 atom stereocenters. The molecule has 0 saturated carbocycles. The van der Waals surface area contributed by atoms with Gasteiger partial charge in [-0.25, -0.2) is 9.78 Å². The van der Waals surface area contributed by atoms with Gasteiger partial charge in [0, 0.05) is 17.8 Å². The van der Waals surface area contributed by atoms with Gasteiger partial charge in [0.05, 0.1) is 11.3 Å². The normalized spacial score (nSPS) is 10.5. The minimum Gasteiger partial charge on any atom is -0.478 e. The van der Waals surface area contributed by atoms with E-state index in [9.17, 15) is 4.79 Å². The van der Waals surface area contributed by atoms with Crippen LogP contribution >= 0.6 is 0 Å². The molecule has 6 nitrogen and oxygen atoms in total. The van der Waals surface area contributed by atoms with Gasteiger partial charge in [0.25, 0.3) is 0 Å². The van der Waals surface area contributed by atoms with Crippen LogP contribution in [0.15, 0.2) is 16.7 Å². The summed E-state index contributed by atoms with van der Waals surface area (Å²) >= 11 is 0. The summed E-state index contributed by atoms with van der Waals surface area (Å²) in [5.41, 5.74) is 2.64. The van der Waals surface area contributed by atoms with E-state index in [2.05, 4.69) is 15.5 Å².